The number of pyridine rings is 1. The fourth-order valence-corrected chi connectivity index (χ4v) is 3.39. The number of carbonyl (C=O) groups excluding carboxylic acids is 1. The van der Waals surface area contributed by atoms with Gasteiger partial charge in [-0.2, -0.15) is 0 Å². The molecule has 2 aromatic rings. The van der Waals surface area contributed by atoms with Crippen LogP contribution in [0.2, 0.25) is 0 Å². The Hall–Kier alpha value is -1.61. The highest BCUT2D eigenvalue weighted by Crippen LogP contribution is 2.21. The number of hydrogen-bond acceptors (Lipinski definition) is 3. The van der Waals surface area contributed by atoms with Gasteiger partial charge in [0, 0.05) is 11.1 Å². The van der Waals surface area contributed by atoms with E-state index in [0.29, 0.717) is 5.69 Å². The normalized spacial score (nSPS) is 10.5. The molecule has 3 heteroatoms. The van der Waals surface area contributed by atoms with E-state index in [1.165, 1.54) is 44.1 Å². The van der Waals surface area contributed by atoms with E-state index < -0.39 is 0 Å². The Morgan fingerprint density at radius 2 is 1.68 bits per heavy atom. The smallest absolute Gasteiger partial charge is 0.169 e. The molecule has 0 aliphatic carbocycles. The molecule has 0 radical (unpaired) electrons. The molecule has 0 spiro atoms. The van der Waals surface area contributed by atoms with Crippen LogP contribution in [0.3, 0.4) is 0 Å². The largest absolute Gasteiger partial charge is 0.296 e. The Morgan fingerprint density at radius 1 is 0.909 bits per heavy atom. The number of carbonyl (C=O) groups is 1. The SMILES string of the molecule is O=Cc1ncccc1SCCCCCCCc1ccccc1. The van der Waals surface area contributed by atoms with Gasteiger partial charge in [0.15, 0.2) is 6.29 Å². The predicted octanol–water partition coefficient (Wildman–Crippen LogP) is 5.18. The first-order valence-electron chi connectivity index (χ1n) is 7.97. The van der Waals surface area contributed by atoms with E-state index in [-0.39, 0.29) is 0 Å². The maximum Gasteiger partial charge on any atom is 0.169 e. The summed E-state index contributed by atoms with van der Waals surface area (Å²) in [6, 6.07) is 14.6. The van der Waals surface area contributed by atoms with Gasteiger partial charge >= 0.3 is 0 Å². The quantitative estimate of drug-likeness (QED) is 0.344. The average molecular weight is 313 g/mol. The number of aldehydes is 1. The van der Waals surface area contributed by atoms with Crippen LogP contribution in [0.4, 0.5) is 0 Å². The van der Waals surface area contributed by atoms with Crippen LogP contribution in [0.5, 0.6) is 0 Å². The molecule has 0 amide bonds. The number of unbranched alkanes of at least 4 members (excludes halogenated alkanes) is 4. The molecule has 1 aromatic carbocycles. The van der Waals surface area contributed by atoms with E-state index in [1.807, 2.05) is 12.1 Å². The molecule has 0 N–H and O–H groups in total. The van der Waals surface area contributed by atoms with Gasteiger partial charge in [-0.05, 0) is 42.7 Å². The first-order chi connectivity index (χ1) is 10.9. The van der Waals surface area contributed by atoms with Crippen LogP contribution in [0.25, 0.3) is 0 Å². The van der Waals surface area contributed by atoms with Crippen LogP contribution in [0, 0.1) is 0 Å². The molecule has 0 bridgehead atoms. The molecule has 2 rings (SSSR count). The van der Waals surface area contributed by atoms with Crippen LogP contribution >= 0.6 is 11.8 Å². The lowest BCUT2D eigenvalue weighted by molar-refractivity contribution is 0.111. The summed E-state index contributed by atoms with van der Waals surface area (Å²) >= 11 is 1.74. The second-order valence-corrected chi connectivity index (χ2v) is 6.49. The molecule has 0 saturated carbocycles. The number of aromatic nitrogens is 1. The standard InChI is InChI=1S/C19H23NOS/c21-16-18-19(13-9-14-20-18)22-15-8-3-1-2-5-10-17-11-6-4-7-12-17/h4,6-7,9,11-14,16H,1-3,5,8,10,15H2. The summed E-state index contributed by atoms with van der Waals surface area (Å²) in [5.74, 6) is 1.06. The van der Waals surface area contributed by atoms with Crippen molar-refractivity contribution >= 4 is 18.0 Å². The van der Waals surface area contributed by atoms with E-state index in [4.69, 9.17) is 0 Å². The lowest BCUT2D eigenvalue weighted by Gasteiger charge is -2.04. The molecule has 22 heavy (non-hydrogen) atoms. The van der Waals surface area contributed by atoms with Crippen molar-refractivity contribution in [3.8, 4) is 0 Å². The van der Waals surface area contributed by atoms with E-state index >= 15 is 0 Å². The summed E-state index contributed by atoms with van der Waals surface area (Å²) in [6.07, 6.45) is 10.0. The van der Waals surface area contributed by atoms with Crippen LogP contribution in [0.15, 0.2) is 53.6 Å². The van der Waals surface area contributed by atoms with Gasteiger partial charge in [-0.15, -0.1) is 11.8 Å². The Balaban J connectivity index is 1.52. The fourth-order valence-electron chi connectivity index (χ4n) is 2.40. The zero-order chi connectivity index (χ0) is 15.5. The van der Waals surface area contributed by atoms with Crippen LogP contribution in [-0.2, 0) is 6.42 Å². The molecule has 1 aromatic heterocycles. The van der Waals surface area contributed by atoms with E-state index in [9.17, 15) is 4.79 Å². The lowest BCUT2D eigenvalue weighted by atomic mass is 10.1. The summed E-state index contributed by atoms with van der Waals surface area (Å²) < 4.78 is 0. The topological polar surface area (TPSA) is 30.0 Å². The van der Waals surface area contributed by atoms with Crippen molar-refractivity contribution in [3.63, 3.8) is 0 Å². The highest BCUT2D eigenvalue weighted by Gasteiger charge is 2.02. The zero-order valence-electron chi connectivity index (χ0n) is 12.9. The molecule has 116 valence electrons. The molecule has 0 aliphatic rings. The summed E-state index contributed by atoms with van der Waals surface area (Å²) in [7, 11) is 0. The second kappa shape index (κ2) is 10.2. The van der Waals surface area contributed by atoms with Gasteiger partial charge in [-0.1, -0.05) is 49.6 Å². The van der Waals surface area contributed by atoms with Gasteiger partial charge in [-0.25, -0.2) is 0 Å². The van der Waals surface area contributed by atoms with Crippen LogP contribution in [-0.4, -0.2) is 17.0 Å². The van der Waals surface area contributed by atoms with Crippen LogP contribution in [0.1, 0.15) is 48.2 Å². The van der Waals surface area contributed by atoms with Crippen molar-refractivity contribution in [1.82, 2.24) is 4.98 Å². The molecule has 0 saturated heterocycles. The summed E-state index contributed by atoms with van der Waals surface area (Å²) in [6.45, 7) is 0. The zero-order valence-corrected chi connectivity index (χ0v) is 13.7. The Morgan fingerprint density at radius 3 is 2.50 bits per heavy atom. The molecule has 0 unspecified atom stereocenters. The number of hydrogen-bond donors (Lipinski definition) is 0. The Bertz CT molecular complexity index is 556. The van der Waals surface area contributed by atoms with Crippen molar-refractivity contribution in [2.75, 3.05) is 5.75 Å². The molecular formula is C19H23NOS. The molecule has 1 heterocycles. The maximum atomic E-state index is 10.9. The Labute approximate surface area is 137 Å². The third-order valence-electron chi connectivity index (χ3n) is 3.62. The minimum absolute atomic E-state index is 0.565. The van der Waals surface area contributed by atoms with Gasteiger partial charge in [0.25, 0.3) is 0 Å². The van der Waals surface area contributed by atoms with Crippen molar-refractivity contribution in [2.45, 2.75) is 43.4 Å². The second-order valence-electron chi connectivity index (χ2n) is 5.36. The first kappa shape index (κ1) is 16.8. The number of nitrogens with zero attached hydrogens (tertiary/aromatic N) is 1. The monoisotopic (exact) mass is 313 g/mol. The van der Waals surface area contributed by atoms with E-state index in [2.05, 4.69) is 35.3 Å². The molecule has 0 atom stereocenters. The molecular weight excluding hydrogens is 290 g/mol. The number of aryl methyl sites for hydroxylation is 1. The van der Waals surface area contributed by atoms with Crippen molar-refractivity contribution in [1.29, 1.82) is 0 Å². The first-order valence-corrected chi connectivity index (χ1v) is 8.95. The highest BCUT2D eigenvalue weighted by molar-refractivity contribution is 7.99. The highest BCUT2D eigenvalue weighted by atomic mass is 32.2. The molecule has 2 nitrogen and oxygen atoms in total. The van der Waals surface area contributed by atoms with Gasteiger partial charge in [0.1, 0.15) is 5.69 Å². The van der Waals surface area contributed by atoms with Crippen molar-refractivity contribution < 1.29 is 4.79 Å². The van der Waals surface area contributed by atoms with Gasteiger partial charge < -0.3 is 0 Å². The number of benzene rings is 1. The molecule has 0 aliphatic heterocycles. The summed E-state index contributed by atoms with van der Waals surface area (Å²) in [5, 5.41) is 0. The van der Waals surface area contributed by atoms with Gasteiger partial charge in [0.2, 0.25) is 0 Å². The summed E-state index contributed by atoms with van der Waals surface area (Å²) in [4.78, 5) is 16.0. The van der Waals surface area contributed by atoms with E-state index in [0.717, 1.165) is 16.9 Å². The maximum absolute atomic E-state index is 10.9. The lowest BCUT2D eigenvalue weighted by Crippen LogP contribution is -1.91. The third-order valence-corrected chi connectivity index (χ3v) is 4.77. The minimum atomic E-state index is 0.565. The van der Waals surface area contributed by atoms with Crippen molar-refractivity contribution in [3.05, 3.63) is 59.9 Å². The third kappa shape index (κ3) is 6.02. The molecule has 0 fully saturated rings. The summed E-state index contributed by atoms with van der Waals surface area (Å²) in [5.41, 5.74) is 2.01. The average Bonchev–Trinajstić information content (AvgIpc) is 2.58. The number of thioether (sulfide) groups is 1. The predicted molar refractivity (Wildman–Crippen MR) is 93.6 cm³/mol. The Kier molecular flexibility index (Phi) is 7.75. The number of rotatable bonds is 10. The van der Waals surface area contributed by atoms with Gasteiger partial charge in [0.05, 0.1) is 0 Å². The fraction of sp³-hybridized carbons (Fsp3) is 0.368. The van der Waals surface area contributed by atoms with Crippen LogP contribution < -0.4 is 0 Å². The van der Waals surface area contributed by atoms with Crippen molar-refractivity contribution in [2.24, 2.45) is 0 Å². The minimum Gasteiger partial charge on any atom is -0.296 e. The van der Waals surface area contributed by atoms with Gasteiger partial charge in [-0.3, -0.25) is 9.78 Å². The van der Waals surface area contributed by atoms with E-state index in [1.54, 1.807) is 18.0 Å².